The quantitative estimate of drug-likeness (QED) is 0.230. The van der Waals surface area contributed by atoms with Crippen LogP contribution in [0.25, 0.3) is 0 Å². The van der Waals surface area contributed by atoms with E-state index in [-0.39, 0.29) is 17.7 Å². The summed E-state index contributed by atoms with van der Waals surface area (Å²) in [6, 6.07) is 23.2. The highest BCUT2D eigenvalue weighted by Crippen LogP contribution is 2.34. The maximum absolute atomic E-state index is 13.2. The zero-order valence-corrected chi connectivity index (χ0v) is 24.0. The Morgan fingerprint density at radius 1 is 0.875 bits per heavy atom. The fourth-order valence-corrected chi connectivity index (χ4v) is 6.79. The van der Waals surface area contributed by atoms with Gasteiger partial charge in [0.15, 0.2) is 10.9 Å². The lowest BCUT2D eigenvalue weighted by Crippen LogP contribution is -2.50. The van der Waals surface area contributed by atoms with E-state index >= 15 is 0 Å². The Hall–Kier alpha value is -2.69. The third-order valence-electron chi connectivity index (χ3n) is 7.91. The molecule has 0 radical (unpaired) electrons. The molecular formula is C30H34ClN5O3S. The van der Waals surface area contributed by atoms with Gasteiger partial charge in [0.05, 0.1) is 25.0 Å². The Labute approximate surface area is 244 Å². The number of ether oxygens (including phenoxy) is 2. The Bertz CT molecular complexity index is 1240. The highest BCUT2D eigenvalue weighted by Gasteiger charge is 2.40. The number of halogens is 1. The Morgan fingerprint density at radius 2 is 1.48 bits per heavy atom. The fraction of sp³-hybridized carbons (Fsp3) is 0.433. The van der Waals surface area contributed by atoms with Crippen LogP contribution in [0.5, 0.6) is 0 Å². The van der Waals surface area contributed by atoms with Crippen LogP contribution in [-0.2, 0) is 14.3 Å². The maximum Gasteiger partial charge on any atom is 0.233 e. The van der Waals surface area contributed by atoms with E-state index in [0.717, 1.165) is 44.8 Å². The van der Waals surface area contributed by atoms with Gasteiger partial charge in [-0.15, -0.1) is 0 Å². The summed E-state index contributed by atoms with van der Waals surface area (Å²) in [4.78, 5) is 28.9. The number of piperazine rings is 1. The minimum atomic E-state index is -0.441. The number of amides is 1. The first kappa shape index (κ1) is 27.5. The number of nitrogens with zero attached hydrogens (tertiary/aromatic N) is 5. The summed E-state index contributed by atoms with van der Waals surface area (Å²) in [6.07, 6.45) is 1.58. The van der Waals surface area contributed by atoms with Crippen molar-refractivity contribution in [2.75, 3.05) is 63.1 Å². The molecule has 0 bridgehead atoms. The first-order valence-corrected chi connectivity index (χ1v) is 15.3. The Kier molecular flexibility index (Phi) is 8.55. The first-order chi connectivity index (χ1) is 19.6. The zero-order chi connectivity index (χ0) is 27.4. The molecule has 3 saturated heterocycles. The van der Waals surface area contributed by atoms with Crippen LogP contribution in [-0.4, -0.2) is 89.7 Å². The van der Waals surface area contributed by atoms with E-state index in [2.05, 4.69) is 63.3 Å². The second-order valence-corrected chi connectivity index (χ2v) is 11.7. The molecule has 0 N–H and O–H groups in total. The van der Waals surface area contributed by atoms with Gasteiger partial charge in [0, 0.05) is 58.2 Å². The number of rotatable bonds is 7. The lowest BCUT2D eigenvalue weighted by Gasteiger charge is -2.39. The molecule has 2 aromatic carbocycles. The normalized spacial score (nSPS) is 19.4. The first-order valence-electron chi connectivity index (χ1n) is 13.9. The molecule has 210 valence electrons. The molecule has 0 aliphatic carbocycles. The van der Waals surface area contributed by atoms with E-state index in [1.54, 1.807) is 6.07 Å². The summed E-state index contributed by atoms with van der Waals surface area (Å²) in [7, 11) is 0. The summed E-state index contributed by atoms with van der Waals surface area (Å²) in [5.74, 6) is 0.722. The van der Waals surface area contributed by atoms with Gasteiger partial charge in [-0.1, -0.05) is 84.0 Å². The third kappa shape index (κ3) is 6.29. The smallest absolute Gasteiger partial charge is 0.233 e. The van der Waals surface area contributed by atoms with Crippen molar-refractivity contribution in [2.24, 2.45) is 0 Å². The number of thioether (sulfide) groups is 1. The van der Waals surface area contributed by atoms with Crippen molar-refractivity contribution >= 4 is 35.1 Å². The van der Waals surface area contributed by atoms with Gasteiger partial charge >= 0.3 is 0 Å². The zero-order valence-electron chi connectivity index (χ0n) is 22.5. The third-order valence-corrected chi connectivity index (χ3v) is 8.94. The van der Waals surface area contributed by atoms with Crippen LogP contribution in [0.15, 0.2) is 71.9 Å². The van der Waals surface area contributed by atoms with Crippen LogP contribution in [0.4, 0.5) is 5.82 Å². The molecule has 4 heterocycles. The molecular weight excluding hydrogens is 546 g/mol. The van der Waals surface area contributed by atoms with Crippen molar-refractivity contribution in [1.29, 1.82) is 0 Å². The number of hydrogen-bond acceptors (Lipinski definition) is 8. The number of anilines is 1. The van der Waals surface area contributed by atoms with Crippen LogP contribution in [0.1, 0.15) is 30.0 Å². The second-order valence-electron chi connectivity index (χ2n) is 10.4. The number of carbonyl (C=O) groups is 1. The molecule has 40 heavy (non-hydrogen) atoms. The highest BCUT2D eigenvalue weighted by atomic mass is 35.5. The van der Waals surface area contributed by atoms with Crippen LogP contribution in [0, 0.1) is 0 Å². The molecule has 3 aromatic rings. The molecule has 3 aliphatic rings. The van der Waals surface area contributed by atoms with Crippen molar-refractivity contribution < 1.29 is 14.3 Å². The minimum Gasteiger partial charge on any atom is -0.356 e. The van der Waals surface area contributed by atoms with Crippen LogP contribution >= 0.6 is 23.4 Å². The number of piperidine rings is 1. The SMILES string of the molecule is O=C(CSc1nc(Cl)cc(N2CCC3(CC2)OCCO3)n1)N1CCN(C(c2ccccc2)c2ccccc2)CC1. The van der Waals surface area contributed by atoms with Gasteiger partial charge in [0.1, 0.15) is 11.0 Å². The van der Waals surface area contributed by atoms with E-state index in [4.69, 9.17) is 26.1 Å². The fourth-order valence-electron chi connectivity index (χ4n) is 5.81. The number of aromatic nitrogens is 2. The van der Waals surface area contributed by atoms with Gasteiger partial charge in [-0.25, -0.2) is 9.97 Å². The van der Waals surface area contributed by atoms with Gasteiger partial charge in [0.25, 0.3) is 0 Å². The summed E-state index contributed by atoms with van der Waals surface area (Å²) in [5, 5.41) is 0.909. The van der Waals surface area contributed by atoms with Gasteiger partial charge in [-0.3, -0.25) is 9.69 Å². The van der Waals surface area contributed by atoms with E-state index in [1.165, 1.54) is 22.9 Å². The van der Waals surface area contributed by atoms with E-state index in [0.29, 0.717) is 36.6 Å². The van der Waals surface area contributed by atoms with Crippen molar-refractivity contribution in [3.05, 3.63) is 83.0 Å². The number of carbonyl (C=O) groups excluding carboxylic acids is 1. The monoisotopic (exact) mass is 579 g/mol. The molecule has 3 aliphatic heterocycles. The summed E-state index contributed by atoms with van der Waals surface area (Å²) < 4.78 is 11.7. The molecule has 0 atom stereocenters. The van der Waals surface area contributed by atoms with Gasteiger partial charge < -0.3 is 19.3 Å². The molecule has 0 saturated carbocycles. The lowest BCUT2D eigenvalue weighted by molar-refractivity contribution is -0.169. The largest absolute Gasteiger partial charge is 0.356 e. The minimum absolute atomic E-state index is 0.0983. The molecule has 0 unspecified atom stereocenters. The van der Waals surface area contributed by atoms with E-state index < -0.39 is 5.79 Å². The average Bonchev–Trinajstić information content (AvgIpc) is 3.45. The molecule has 10 heteroatoms. The summed E-state index contributed by atoms with van der Waals surface area (Å²) in [5.41, 5.74) is 2.54. The lowest BCUT2D eigenvalue weighted by atomic mass is 9.96. The van der Waals surface area contributed by atoms with Crippen LogP contribution in [0.2, 0.25) is 5.15 Å². The molecule has 1 amide bonds. The number of benzene rings is 2. The topological polar surface area (TPSA) is 71.0 Å². The molecule has 1 aromatic heterocycles. The maximum atomic E-state index is 13.2. The van der Waals surface area contributed by atoms with Gasteiger partial charge in [-0.05, 0) is 11.1 Å². The van der Waals surface area contributed by atoms with Crippen molar-refractivity contribution in [3.8, 4) is 0 Å². The van der Waals surface area contributed by atoms with Crippen LogP contribution < -0.4 is 4.90 Å². The molecule has 3 fully saturated rings. The summed E-state index contributed by atoms with van der Waals surface area (Å²) in [6.45, 7) is 5.86. The van der Waals surface area contributed by atoms with Gasteiger partial charge in [0.2, 0.25) is 5.91 Å². The van der Waals surface area contributed by atoms with Crippen molar-refractivity contribution in [2.45, 2.75) is 29.8 Å². The van der Waals surface area contributed by atoms with Gasteiger partial charge in [-0.2, -0.15) is 0 Å². The molecule has 6 rings (SSSR count). The Morgan fingerprint density at radius 3 is 2.08 bits per heavy atom. The second kappa shape index (κ2) is 12.4. The summed E-state index contributed by atoms with van der Waals surface area (Å²) >= 11 is 7.71. The molecule has 8 nitrogen and oxygen atoms in total. The predicted molar refractivity (Wildman–Crippen MR) is 157 cm³/mol. The van der Waals surface area contributed by atoms with E-state index in [1.807, 2.05) is 17.0 Å². The highest BCUT2D eigenvalue weighted by molar-refractivity contribution is 7.99. The van der Waals surface area contributed by atoms with E-state index in [9.17, 15) is 4.79 Å². The number of hydrogen-bond donors (Lipinski definition) is 0. The average molecular weight is 580 g/mol. The molecule has 1 spiro atoms. The Balaban J connectivity index is 1.04. The van der Waals surface area contributed by atoms with Crippen LogP contribution in [0.3, 0.4) is 0 Å². The van der Waals surface area contributed by atoms with Crippen molar-refractivity contribution in [3.63, 3.8) is 0 Å². The van der Waals surface area contributed by atoms with Crippen molar-refractivity contribution in [1.82, 2.24) is 19.8 Å². The predicted octanol–water partition coefficient (Wildman–Crippen LogP) is 4.50. The standard InChI is InChI=1S/C30H34ClN5O3S/c31-25-21-26(34-13-11-30(12-14-34)38-19-20-39-30)33-29(32-25)40-22-27(37)35-15-17-36(18-16-35)28(23-7-3-1-4-8-23)24-9-5-2-6-10-24/h1-10,21,28H,11-20,22H2.